The molecule has 1 amide bonds. The van der Waals surface area contributed by atoms with Crippen LogP contribution in [0, 0.1) is 6.92 Å². The molecule has 0 radical (unpaired) electrons. The summed E-state index contributed by atoms with van der Waals surface area (Å²) < 4.78 is 5.35. The number of anilines is 1. The zero-order chi connectivity index (χ0) is 12.3. The Kier molecular flexibility index (Phi) is 3.14. The van der Waals surface area contributed by atoms with Gasteiger partial charge in [0, 0.05) is 14.1 Å². The Balaban J connectivity index is 0.00000162. The van der Waals surface area contributed by atoms with Gasteiger partial charge in [-0.3, -0.25) is 4.79 Å². The van der Waals surface area contributed by atoms with Gasteiger partial charge in [0.25, 0.3) is 5.91 Å². The molecule has 2 aromatic rings. The predicted molar refractivity (Wildman–Crippen MR) is 69.7 cm³/mol. The van der Waals surface area contributed by atoms with Crippen molar-refractivity contribution in [3.05, 3.63) is 53.5 Å². The van der Waals surface area contributed by atoms with Crippen LogP contribution in [0.3, 0.4) is 0 Å². The van der Waals surface area contributed by atoms with Crippen LogP contribution in [-0.2, 0) is 6.54 Å². The van der Waals surface area contributed by atoms with E-state index >= 15 is 0 Å². The molecule has 4 heteroatoms. The van der Waals surface area contributed by atoms with Gasteiger partial charge in [0.1, 0.15) is 11.5 Å². The second-order valence-corrected chi connectivity index (χ2v) is 3.82. The molecule has 2 rings (SSSR count). The third-order valence-electron chi connectivity index (χ3n) is 2.37. The fraction of sp³-hybridized carbons (Fsp3) is 0.154. The molecule has 0 fully saturated rings. The highest BCUT2D eigenvalue weighted by Crippen LogP contribution is 2.08. The summed E-state index contributed by atoms with van der Waals surface area (Å²) in [5.41, 5.74) is 6.73. The molecule has 0 bridgehead atoms. The quantitative estimate of drug-likeness (QED) is 0.802. The first-order valence-electron chi connectivity index (χ1n) is 5.34. The number of benzene rings is 1. The summed E-state index contributed by atoms with van der Waals surface area (Å²) in [5.74, 6) is 1.41. The summed E-state index contributed by atoms with van der Waals surface area (Å²) in [5, 5.41) is 2.77. The van der Waals surface area contributed by atoms with Gasteiger partial charge in [-0.1, -0.05) is 6.07 Å². The van der Waals surface area contributed by atoms with Crippen LogP contribution < -0.4 is 11.1 Å². The van der Waals surface area contributed by atoms with Crippen molar-refractivity contribution in [3.63, 3.8) is 0 Å². The number of hydrogen-bond donors (Lipinski definition) is 2. The minimum absolute atomic E-state index is 0. The number of rotatable bonds is 3. The molecule has 0 aliphatic rings. The van der Waals surface area contributed by atoms with Crippen LogP contribution in [0.25, 0.3) is 0 Å². The highest BCUT2D eigenvalue weighted by Gasteiger charge is 2.06. The minimum Gasteiger partial charge on any atom is -0.465 e. The van der Waals surface area contributed by atoms with E-state index in [1.165, 1.54) is 0 Å². The van der Waals surface area contributed by atoms with Gasteiger partial charge in [-0.15, -0.1) is 0 Å². The van der Waals surface area contributed by atoms with Crippen molar-refractivity contribution in [3.8, 4) is 0 Å². The lowest BCUT2D eigenvalue weighted by Crippen LogP contribution is -2.22. The van der Waals surface area contributed by atoms with Gasteiger partial charge in [0.2, 0.25) is 0 Å². The van der Waals surface area contributed by atoms with Crippen LogP contribution >= 0.6 is 0 Å². The summed E-state index contributed by atoms with van der Waals surface area (Å²) in [4.78, 5) is 11.8. The fourth-order valence-electron chi connectivity index (χ4n) is 1.53. The first-order valence-corrected chi connectivity index (χ1v) is 5.34. The van der Waals surface area contributed by atoms with E-state index in [0.29, 0.717) is 17.8 Å². The molecular weight excluding hydrogens is 216 g/mol. The molecule has 1 heterocycles. The normalized spacial score (nSPS) is 10.2. The molecule has 1 aromatic heterocycles. The van der Waals surface area contributed by atoms with Crippen LogP contribution in [-0.4, -0.2) is 5.91 Å². The standard InChI is InChI=1S/C13H14N2O2.2H2/c1-9-5-6-12(17-9)8-15-13(16)10-3-2-4-11(14)7-10;;/h2-7H,8,14H2,1H3,(H,15,16);2*1H. The van der Waals surface area contributed by atoms with Crippen molar-refractivity contribution in [1.29, 1.82) is 0 Å². The maximum Gasteiger partial charge on any atom is 0.251 e. The van der Waals surface area contributed by atoms with Gasteiger partial charge in [0.15, 0.2) is 0 Å². The molecule has 0 atom stereocenters. The lowest BCUT2D eigenvalue weighted by atomic mass is 10.2. The molecule has 17 heavy (non-hydrogen) atoms. The second-order valence-electron chi connectivity index (χ2n) is 3.82. The Morgan fingerprint density at radius 3 is 2.88 bits per heavy atom. The maximum absolute atomic E-state index is 11.8. The number of aryl methyl sites for hydroxylation is 1. The van der Waals surface area contributed by atoms with Gasteiger partial charge >= 0.3 is 0 Å². The van der Waals surface area contributed by atoms with Crippen molar-refractivity contribution in [2.45, 2.75) is 13.5 Å². The number of nitrogen functional groups attached to an aromatic ring is 1. The van der Waals surface area contributed by atoms with Gasteiger partial charge in [0.05, 0.1) is 6.54 Å². The van der Waals surface area contributed by atoms with Crippen molar-refractivity contribution in [2.75, 3.05) is 5.73 Å². The van der Waals surface area contributed by atoms with Crippen LogP contribution in [0.5, 0.6) is 0 Å². The Morgan fingerprint density at radius 1 is 1.41 bits per heavy atom. The monoisotopic (exact) mass is 234 g/mol. The fourth-order valence-corrected chi connectivity index (χ4v) is 1.53. The predicted octanol–water partition coefficient (Wildman–Crippen LogP) is 2.59. The Hall–Kier alpha value is -2.23. The van der Waals surface area contributed by atoms with Crippen LogP contribution in [0.15, 0.2) is 40.8 Å². The zero-order valence-electron chi connectivity index (χ0n) is 9.57. The maximum atomic E-state index is 11.8. The summed E-state index contributed by atoms with van der Waals surface area (Å²) in [6, 6.07) is 10.6. The zero-order valence-corrected chi connectivity index (χ0v) is 9.57. The highest BCUT2D eigenvalue weighted by atomic mass is 16.3. The Morgan fingerprint density at radius 2 is 2.24 bits per heavy atom. The van der Waals surface area contributed by atoms with Crippen LogP contribution in [0.4, 0.5) is 5.69 Å². The number of amides is 1. The summed E-state index contributed by atoms with van der Waals surface area (Å²) in [7, 11) is 0. The summed E-state index contributed by atoms with van der Waals surface area (Å²) >= 11 is 0. The minimum atomic E-state index is -0.161. The SMILES string of the molecule is Cc1ccc(CNC(=O)c2cccc(N)c2)o1.[HH].[HH]. The molecule has 0 aliphatic heterocycles. The topological polar surface area (TPSA) is 68.3 Å². The van der Waals surface area contributed by atoms with E-state index < -0.39 is 0 Å². The van der Waals surface area contributed by atoms with E-state index in [0.717, 1.165) is 11.5 Å². The van der Waals surface area contributed by atoms with E-state index in [9.17, 15) is 4.79 Å². The second kappa shape index (κ2) is 4.74. The Bertz CT molecular complexity index is 541. The summed E-state index contributed by atoms with van der Waals surface area (Å²) in [6.07, 6.45) is 0. The largest absolute Gasteiger partial charge is 0.465 e. The molecule has 0 saturated carbocycles. The average Bonchev–Trinajstić information content (AvgIpc) is 2.72. The van der Waals surface area contributed by atoms with E-state index in [-0.39, 0.29) is 8.76 Å². The molecule has 0 aliphatic carbocycles. The van der Waals surface area contributed by atoms with E-state index in [1.54, 1.807) is 24.3 Å². The molecule has 0 unspecified atom stereocenters. The molecule has 0 spiro atoms. The average molecular weight is 234 g/mol. The number of nitrogens with one attached hydrogen (secondary N) is 1. The smallest absolute Gasteiger partial charge is 0.251 e. The van der Waals surface area contributed by atoms with Crippen molar-refractivity contribution in [2.24, 2.45) is 0 Å². The van der Waals surface area contributed by atoms with Crippen LogP contribution in [0.2, 0.25) is 0 Å². The summed E-state index contributed by atoms with van der Waals surface area (Å²) in [6.45, 7) is 2.24. The van der Waals surface area contributed by atoms with Crippen LogP contribution in [0.1, 0.15) is 24.7 Å². The third-order valence-corrected chi connectivity index (χ3v) is 2.37. The first-order chi connectivity index (χ1) is 8.15. The van der Waals surface area contributed by atoms with Gasteiger partial charge in [-0.2, -0.15) is 0 Å². The van der Waals surface area contributed by atoms with Gasteiger partial charge in [-0.25, -0.2) is 0 Å². The molecule has 0 saturated heterocycles. The molecule has 92 valence electrons. The Labute approximate surface area is 102 Å². The lowest BCUT2D eigenvalue weighted by molar-refractivity contribution is 0.0948. The van der Waals surface area contributed by atoms with E-state index in [4.69, 9.17) is 10.2 Å². The van der Waals surface area contributed by atoms with Gasteiger partial charge < -0.3 is 15.5 Å². The van der Waals surface area contributed by atoms with E-state index in [2.05, 4.69) is 5.32 Å². The number of carbonyl (C=O) groups excluding carboxylic acids is 1. The lowest BCUT2D eigenvalue weighted by Gasteiger charge is -2.03. The van der Waals surface area contributed by atoms with Crippen molar-refractivity contribution < 1.29 is 12.1 Å². The third kappa shape index (κ3) is 2.87. The van der Waals surface area contributed by atoms with Crippen molar-refractivity contribution in [1.82, 2.24) is 5.32 Å². The first kappa shape index (κ1) is 11.3. The highest BCUT2D eigenvalue weighted by molar-refractivity contribution is 5.94. The molecular formula is C13H18N2O2. The number of furan rings is 1. The number of carbonyl (C=O) groups is 1. The van der Waals surface area contributed by atoms with Crippen molar-refractivity contribution >= 4 is 11.6 Å². The van der Waals surface area contributed by atoms with Gasteiger partial charge in [-0.05, 0) is 37.3 Å². The molecule has 1 aromatic carbocycles. The molecule has 3 N–H and O–H groups in total. The number of hydrogen-bond acceptors (Lipinski definition) is 3. The van der Waals surface area contributed by atoms with E-state index in [1.807, 2.05) is 19.1 Å². The number of nitrogens with two attached hydrogens (primary N) is 1. The molecule has 4 nitrogen and oxygen atoms in total.